The first-order valence-corrected chi connectivity index (χ1v) is 17.1. The minimum atomic E-state index is -0.531. The van der Waals surface area contributed by atoms with E-state index in [1.54, 1.807) is 23.9 Å². The van der Waals surface area contributed by atoms with Gasteiger partial charge < -0.3 is 40.5 Å². The molecule has 0 heterocycles. The number of nitrogens with one attached hydrogen (secondary N) is 4. The second-order valence-corrected chi connectivity index (χ2v) is 12.3. The first-order valence-electron chi connectivity index (χ1n) is 17.1. The molecule has 0 spiro atoms. The van der Waals surface area contributed by atoms with Crippen LogP contribution in [0, 0.1) is 11.8 Å². The molecular weight excluding hydrogens is 588 g/mol. The number of benzene rings is 1. The van der Waals surface area contributed by atoms with Gasteiger partial charge in [-0.1, -0.05) is 70.2 Å². The highest BCUT2D eigenvalue weighted by Crippen LogP contribution is 2.22. The van der Waals surface area contributed by atoms with Crippen LogP contribution < -0.4 is 21.3 Å². The van der Waals surface area contributed by atoms with E-state index in [9.17, 15) is 19.2 Å². The lowest BCUT2D eigenvalue weighted by Crippen LogP contribution is -2.40. The van der Waals surface area contributed by atoms with Crippen molar-refractivity contribution in [3.63, 3.8) is 0 Å². The lowest BCUT2D eigenvalue weighted by molar-refractivity contribution is 0.139. The van der Waals surface area contributed by atoms with E-state index in [2.05, 4.69) is 35.1 Å². The third-order valence-corrected chi connectivity index (χ3v) is 8.38. The van der Waals surface area contributed by atoms with Crippen molar-refractivity contribution >= 4 is 24.2 Å². The Kier molecular flexibility index (Phi) is 19.0. The van der Waals surface area contributed by atoms with Gasteiger partial charge in [-0.2, -0.15) is 0 Å². The predicted molar refractivity (Wildman–Crippen MR) is 179 cm³/mol. The van der Waals surface area contributed by atoms with Crippen molar-refractivity contribution in [2.24, 2.45) is 11.8 Å². The van der Waals surface area contributed by atoms with Crippen LogP contribution in [0.3, 0.4) is 0 Å². The molecule has 1 aromatic rings. The largest absolute Gasteiger partial charge is 0.449 e. The molecule has 0 aliphatic heterocycles. The van der Waals surface area contributed by atoms with E-state index >= 15 is 0 Å². The van der Waals surface area contributed by atoms with E-state index < -0.39 is 12.2 Å². The zero-order chi connectivity index (χ0) is 33.6. The Labute approximate surface area is 275 Å². The molecule has 0 bridgehead atoms. The van der Waals surface area contributed by atoms with Crippen molar-refractivity contribution < 1.29 is 28.7 Å². The molecule has 12 nitrogen and oxygen atoms in total. The molecule has 0 aromatic heterocycles. The normalized spacial score (nSPS) is 13.7. The van der Waals surface area contributed by atoms with Crippen LogP contribution in [0.1, 0.15) is 89.2 Å². The number of urea groups is 2. The van der Waals surface area contributed by atoms with Gasteiger partial charge >= 0.3 is 24.2 Å². The lowest BCUT2D eigenvalue weighted by atomic mass is 9.89. The smallest absolute Gasteiger partial charge is 0.407 e. The molecule has 0 saturated heterocycles. The fraction of sp³-hybridized carbons (Fsp3) is 0.706. The average molecular weight is 647 g/mol. The SMILES string of the molecule is CCCC(CC)CNC(=O)N(C)CCCOC(=O)NCc1cccc(CNC(=O)OCCCN(C)C(=O)NCC2CCCCC2)c1. The molecule has 12 heteroatoms. The molecule has 1 aliphatic rings. The maximum Gasteiger partial charge on any atom is 0.407 e. The number of carbonyl (C=O) groups is 4. The monoisotopic (exact) mass is 646 g/mol. The summed E-state index contributed by atoms with van der Waals surface area (Å²) < 4.78 is 10.5. The van der Waals surface area contributed by atoms with Gasteiger partial charge in [0, 0.05) is 53.4 Å². The topological polar surface area (TPSA) is 141 Å². The van der Waals surface area contributed by atoms with Gasteiger partial charge in [0.25, 0.3) is 0 Å². The van der Waals surface area contributed by atoms with Crippen molar-refractivity contribution in [1.29, 1.82) is 0 Å². The Bertz CT molecular complexity index is 985. The summed E-state index contributed by atoms with van der Waals surface area (Å²) in [6.07, 6.45) is 9.42. The molecule has 0 radical (unpaired) electrons. The Balaban J connectivity index is 1.54. The highest BCUT2D eigenvalue weighted by atomic mass is 16.6. The van der Waals surface area contributed by atoms with E-state index in [-0.39, 0.29) is 38.4 Å². The fourth-order valence-electron chi connectivity index (χ4n) is 5.42. The van der Waals surface area contributed by atoms with Crippen molar-refractivity contribution in [3.05, 3.63) is 35.4 Å². The molecule has 1 saturated carbocycles. The van der Waals surface area contributed by atoms with Gasteiger partial charge in [-0.3, -0.25) is 0 Å². The summed E-state index contributed by atoms with van der Waals surface area (Å²) in [4.78, 5) is 52.1. The molecule has 1 aliphatic carbocycles. The lowest BCUT2D eigenvalue weighted by Gasteiger charge is -2.24. The van der Waals surface area contributed by atoms with Gasteiger partial charge in [-0.25, -0.2) is 19.2 Å². The van der Waals surface area contributed by atoms with E-state index in [0.717, 1.165) is 36.9 Å². The van der Waals surface area contributed by atoms with Crippen LogP contribution in [0.25, 0.3) is 0 Å². The second kappa shape index (κ2) is 22.7. The summed E-state index contributed by atoms with van der Waals surface area (Å²) in [7, 11) is 3.48. The minimum Gasteiger partial charge on any atom is -0.449 e. The van der Waals surface area contributed by atoms with Crippen molar-refractivity contribution in [2.45, 2.75) is 91.1 Å². The Hall–Kier alpha value is -3.70. The van der Waals surface area contributed by atoms with E-state index in [1.165, 1.54) is 32.1 Å². The van der Waals surface area contributed by atoms with E-state index in [0.29, 0.717) is 44.3 Å². The van der Waals surface area contributed by atoms with Crippen LogP contribution in [0.4, 0.5) is 19.2 Å². The molecule has 260 valence electrons. The summed E-state index contributed by atoms with van der Waals surface area (Å²) in [6.45, 7) is 7.62. The number of rotatable bonds is 19. The molecule has 2 rings (SSSR count). The molecule has 1 fully saturated rings. The standard InChI is InChI=1S/C34H58N6O6/c1-5-13-27(6-2)23-35-31(41)39(3)18-11-20-45-33(43)37-25-29-16-10-17-30(22-29)26-38-34(44)46-21-12-19-40(4)32(42)36-24-28-14-8-7-9-15-28/h10,16-17,22,27-28H,5-9,11-15,18-21,23-26H2,1-4H3,(H,35,41)(H,36,42)(H,37,43)(H,38,44). The first kappa shape index (κ1) is 38.5. The van der Waals surface area contributed by atoms with Gasteiger partial charge in [0.1, 0.15) is 0 Å². The van der Waals surface area contributed by atoms with Gasteiger partial charge in [-0.05, 0) is 55.1 Å². The maximum atomic E-state index is 12.3. The molecule has 46 heavy (non-hydrogen) atoms. The zero-order valence-electron chi connectivity index (χ0n) is 28.5. The predicted octanol–water partition coefficient (Wildman–Crippen LogP) is 5.61. The minimum absolute atomic E-state index is 0.0928. The van der Waals surface area contributed by atoms with E-state index in [1.807, 2.05) is 24.3 Å². The highest BCUT2D eigenvalue weighted by molar-refractivity contribution is 5.74. The maximum absolute atomic E-state index is 12.3. The van der Waals surface area contributed by atoms with Crippen LogP contribution in [0.15, 0.2) is 24.3 Å². The Morgan fingerprint density at radius 1 is 0.804 bits per heavy atom. The van der Waals surface area contributed by atoms with Gasteiger partial charge in [0.15, 0.2) is 0 Å². The summed E-state index contributed by atoms with van der Waals surface area (Å²) in [5, 5.41) is 11.5. The summed E-state index contributed by atoms with van der Waals surface area (Å²) >= 11 is 0. The van der Waals surface area contributed by atoms with Crippen molar-refractivity contribution in [2.75, 3.05) is 53.5 Å². The average Bonchev–Trinajstić information content (AvgIpc) is 3.07. The highest BCUT2D eigenvalue weighted by Gasteiger charge is 2.16. The van der Waals surface area contributed by atoms with Crippen molar-refractivity contribution in [1.82, 2.24) is 31.1 Å². The van der Waals surface area contributed by atoms with Crippen LogP contribution in [0.5, 0.6) is 0 Å². The number of hydrogen-bond acceptors (Lipinski definition) is 6. The van der Waals surface area contributed by atoms with Gasteiger partial charge in [0.05, 0.1) is 13.2 Å². The van der Waals surface area contributed by atoms with Crippen molar-refractivity contribution in [3.8, 4) is 0 Å². The number of hydrogen-bond donors (Lipinski definition) is 4. The van der Waals surface area contributed by atoms with Crippen LogP contribution >= 0.6 is 0 Å². The fourth-order valence-corrected chi connectivity index (χ4v) is 5.42. The summed E-state index contributed by atoms with van der Waals surface area (Å²) in [5.41, 5.74) is 1.72. The molecule has 1 unspecified atom stereocenters. The van der Waals surface area contributed by atoms with E-state index in [4.69, 9.17) is 9.47 Å². The number of nitrogens with zero attached hydrogens (tertiary/aromatic N) is 2. The summed E-state index contributed by atoms with van der Waals surface area (Å²) in [6, 6.07) is 7.29. The van der Waals surface area contributed by atoms with Gasteiger partial charge in [0.2, 0.25) is 0 Å². The van der Waals surface area contributed by atoms with Crippen LogP contribution in [-0.2, 0) is 22.6 Å². The summed E-state index contributed by atoms with van der Waals surface area (Å²) in [5.74, 6) is 1.07. The molecular formula is C34H58N6O6. The molecule has 1 aromatic carbocycles. The number of alkyl carbamates (subject to hydrolysis) is 2. The number of carbonyl (C=O) groups excluding carboxylic acids is 4. The third-order valence-electron chi connectivity index (χ3n) is 8.38. The molecule has 6 amide bonds. The van der Waals surface area contributed by atoms with Crippen LogP contribution in [-0.4, -0.2) is 87.5 Å². The second-order valence-electron chi connectivity index (χ2n) is 12.3. The third kappa shape index (κ3) is 16.6. The molecule has 4 N–H and O–H groups in total. The Morgan fingerprint density at radius 2 is 1.35 bits per heavy atom. The number of amides is 6. The van der Waals surface area contributed by atoms with Crippen LogP contribution in [0.2, 0.25) is 0 Å². The quantitative estimate of drug-likeness (QED) is 0.144. The zero-order valence-corrected chi connectivity index (χ0v) is 28.5. The van der Waals surface area contributed by atoms with Gasteiger partial charge in [-0.15, -0.1) is 0 Å². The molecule has 1 atom stereocenters. The first-order chi connectivity index (χ1) is 22.2. The number of ether oxygens (including phenoxy) is 2. The Morgan fingerprint density at radius 3 is 1.87 bits per heavy atom.